The smallest absolute Gasteiger partial charge is 0.122 e. The molecule has 0 fully saturated rings. The Hall–Kier alpha value is -1.24. The molecule has 0 radical (unpaired) electrons. The molecule has 0 aliphatic heterocycles. The third kappa shape index (κ3) is 5.58. The topological polar surface area (TPSA) is 9.23 Å². The maximum Gasteiger partial charge on any atom is 0.122 e. The van der Waals surface area contributed by atoms with Crippen molar-refractivity contribution in [3.05, 3.63) is 42.0 Å². The van der Waals surface area contributed by atoms with Crippen LogP contribution in [0.5, 0.6) is 0 Å². The minimum absolute atomic E-state index is 1.00. The van der Waals surface area contributed by atoms with Crippen LogP contribution in [-0.2, 0) is 4.74 Å². The summed E-state index contributed by atoms with van der Waals surface area (Å²) in [5.74, 6) is 1.00. The highest BCUT2D eigenvalue weighted by Crippen LogP contribution is 2.16. The zero-order valence-corrected chi connectivity index (χ0v) is 11.1. The summed E-state index contributed by atoms with van der Waals surface area (Å²) < 4.78 is 5.43. The van der Waals surface area contributed by atoms with Crippen LogP contribution in [0.1, 0.15) is 51.0 Å². The first-order valence-electron chi connectivity index (χ1n) is 6.68. The van der Waals surface area contributed by atoms with Crippen molar-refractivity contribution in [1.29, 1.82) is 0 Å². The SMILES string of the molecule is CCCCCCCC=C(OC)c1ccccc1. The first kappa shape index (κ1) is 13.8. The Balaban J connectivity index is 2.35. The highest BCUT2D eigenvalue weighted by molar-refractivity contribution is 5.59. The lowest BCUT2D eigenvalue weighted by molar-refractivity contribution is 0.368. The molecule has 0 aliphatic rings. The van der Waals surface area contributed by atoms with Crippen LogP contribution in [0.3, 0.4) is 0 Å². The Morgan fingerprint density at radius 2 is 1.76 bits per heavy atom. The van der Waals surface area contributed by atoms with Gasteiger partial charge in [0.1, 0.15) is 5.76 Å². The van der Waals surface area contributed by atoms with E-state index in [4.69, 9.17) is 4.74 Å². The minimum atomic E-state index is 1.00. The predicted octanol–water partition coefficient (Wildman–Crippen LogP) is 5.03. The molecule has 0 bridgehead atoms. The summed E-state index contributed by atoms with van der Waals surface area (Å²) in [6.45, 7) is 2.25. The fourth-order valence-corrected chi connectivity index (χ4v) is 1.90. The molecule has 0 unspecified atom stereocenters. The fourth-order valence-electron chi connectivity index (χ4n) is 1.90. The van der Waals surface area contributed by atoms with Crippen LogP contribution < -0.4 is 0 Å². The van der Waals surface area contributed by atoms with E-state index in [9.17, 15) is 0 Å². The number of hydrogen-bond donors (Lipinski definition) is 0. The molecule has 1 aromatic rings. The molecule has 0 N–H and O–H groups in total. The van der Waals surface area contributed by atoms with E-state index < -0.39 is 0 Å². The van der Waals surface area contributed by atoms with E-state index in [1.165, 1.54) is 37.7 Å². The van der Waals surface area contributed by atoms with Crippen molar-refractivity contribution in [3.8, 4) is 0 Å². The second-order valence-electron chi connectivity index (χ2n) is 4.34. The van der Waals surface area contributed by atoms with Crippen LogP contribution in [-0.4, -0.2) is 7.11 Å². The Bertz CT molecular complexity index is 314. The predicted molar refractivity (Wildman–Crippen MR) is 74.8 cm³/mol. The monoisotopic (exact) mass is 232 g/mol. The molecule has 17 heavy (non-hydrogen) atoms. The average molecular weight is 232 g/mol. The number of benzene rings is 1. The molecule has 0 aromatic heterocycles. The fraction of sp³-hybridized carbons (Fsp3) is 0.500. The third-order valence-electron chi connectivity index (χ3n) is 2.92. The molecule has 0 spiro atoms. The molecule has 0 saturated heterocycles. The molecule has 0 aliphatic carbocycles. The van der Waals surface area contributed by atoms with Gasteiger partial charge in [-0.1, -0.05) is 62.9 Å². The van der Waals surface area contributed by atoms with Gasteiger partial charge in [-0.25, -0.2) is 0 Å². The molecule has 1 aromatic carbocycles. The van der Waals surface area contributed by atoms with Gasteiger partial charge in [0.2, 0.25) is 0 Å². The quantitative estimate of drug-likeness (QED) is 0.451. The van der Waals surface area contributed by atoms with Gasteiger partial charge in [-0.15, -0.1) is 0 Å². The lowest BCUT2D eigenvalue weighted by Gasteiger charge is -2.06. The van der Waals surface area contributed by atoms with Crippen LogP contribution in [0.15, 0.2) is 36.4 Å². The second kappa shape index (κ2) is 8.86. The van der Waals surface area contributed by atoms with Gasteiger partial charge in [-0.3, -0.25) is 0 Å². The molecule has 1 nitrogen and oxygen atoms in total. The maximum absolute atomic E-state index is 5.43. The highest BCUT2D eigenvalue weighted by Gasteiger charge is 1.98. The Kier molecular flexibility index (Phi) is 7.20. The van der Waals surface area contributed by atoms with Crippen molar-refractivity contribution in [2.75, 3.05) is 7.11 Å². The lowest BCUT2D eigenvalue weighted by atomic mass is 10.1. The van der Waals surface area contributed by atoms with E-state index in [1.807, 2.05) is 18.2 Å². The van der Waals surface area contributed by atoms with Crippen molar-refractivity contribution >= 4 is 5.76 Å². The normalized spacial score (nSPS) is 11.5. The first-order valence-corrected chi connectivity index (χ1v) is 6.68. The Labute approximate surface area is 106 Å². The lowest BCUT2D eigenvalue weighted by Crippen LogP contribution is -1.87. The molecule has 0 atom stereocenters. The van der Waals surface area contributed by atoms with Crippen molar-refractivity contribution in [2.24, 2.45) is 0 Å². The highest BCUT2D eigenvalue weighted by atomic mass is 16.5. The van der Waals surface area contributed by atoms with Crippen LogP contribution in [0.25, 0.3) is 5.76 Å². The van der Waals surface area contributed by atoms with Crippen LogP contribution >= 0.6 is 0 Å². The van der Waals surface area contributed by atoms with Gasteiger partial charge in [0, 0.05) is 5.56 Å². The minimum Gasteiger partial charge on any atom is -0.496 e. The number of hydrogen-bond acceptors (Lipinski definition) is 1. The molecular formula is C16H24O. The molecule has 0 heterocycles. The number of allylic oxidation sites excluding steroid dienone is 1. The summed E-state index contributed by atoms with van der Waals surface area (Å²) in [6.07, 6.45) is 9.94. The van der Waals surface area contributed by atoms with Crippen molar-refractivity contribution in [2.45, 2.75) is 45.4 Å². The molecular weight excluding hydrogens is 208 g/mol. The summed E-state index contributed by atoms with van der Waals surface area (Å²) in [5, 5.41) is 0. The molecule has 0 amide bonds. The van der Waals surface area contributed by atoms with Gasteiger partial charge in [0.05, 0.1) is 7.11 Å². The number of unbranched alkanes of at least 4 members (excludes halogenated alkanes) is 5. The summed E-state index contributed by atoms with van der Waals surface area (Å²) in [5.41, 5.74) is 1.17. The van der Waals surface area contributed by atoms with E-state index in [2.05, 4.69) is 25.1 Å². The van der Waals surface area contributed by atoms with Crippen molar-refractivity contribution in [3.63, 3.8) is 0 Å². The summed E-state index contributed by atoms with van der Waals surface area (Å²) in [6, 6.07) is 10.3. The maximum atomic E-state index is 5.43. The summed E-state index contributed by atoms with van der Waals surface area (Å²) in [7, 11) is 1.75. The number of ether oxygens (including phenoxy) is 1. The van der Waals surface area contributed by atoms with Gasteiger partial charge in [0.25, 0.3) is 0 Å². The Morgan fingerprint density at radius 3 is 2.41 bits per heavy atom. The first-order chi connectivity index (χ1) is 8.38. The van der Waals surface area contributed by atoms with Gasteiger partial charge < -0.3 is 4.74 Å². The number of methoxy groups -OCH3 is 1. The average Bonchev–Trinajstić information content (AvgIpc) is 2.39. The van der Waals surface area contributed by atoms with Crippen molar-refractivity contribution in [1.82, 2.24) is 0 Å². The van der Waals surface area contributed by atoms with E-state index in [-0.39, 0.29) is 0 Å². The molecule has 0 saturated carbocycles. The largest absolute Gasteiger partial charge is 0.496 e. The zero-order valence-electron chi connectivity index (χ0n) is 11.1. The second-order valence-corrected chi connectivity index (χ2v) is 4.34. The number of rotatable bonds is 8. The van der Waals surface area contributed by atoms with Crippen LogP contribution in [0.4, 0.5) is 0 Å². The summed E-state index contributed by atoms with van der Waals surface area (Å²) >= 11 is 0. The van der Waals surface area contributed by atoms with Crippen molar-refractivity contribution < 1.29 is 4.74 Å². The molecule has 94 valence electrons. The Morgan fingerprint density at radius 1 is 1.06 bits per heavy atom. The zero-order chi connectivity index (χ0) is 12.3. The van der Waals surface area contributed by atoms with E-state index in [0.29, 0.717) is 0 Å². The third-order valence-corrected chi connectivity index (χ3v) is 2.92. The van der Waals surface area contributed by atoms with Gasteiger partial charge in [0.15, 0.2) is 0 Å². The van der Waals surface area contributed by atoms with E-state index >= 15 is 0 Å². The van der Waals surface area contributed by atoms with E-state index in [1.54, 1.807) is 7.11 Å². The van der Waals surface area contributed by atoms with Crippen LogP contribution in [0.2, 0.25) is 0 Å². The van der Waals surface area contributed by atoms with Gasteiger partial charge in [-0.05, 0) is 18.9 Å². The van der Waals surface area contributed by atoms with Crippen LogP contribution in [0, 0.1) is 0 Å². The van der Waals surface area contributed by atoms with Gasteiger partial charge in [-0.2, -0.15) is 0 Å². The van der Waals surface area contributed by atoms with Gasteiger partial charge >= 0.3 is 0 Å². The standard InChI is InChI=1S/C16H24O/c1-3-4-5-6-7-11-14-16(17-2)15-12-9-8-10-13-15/h8-10,12-14H,3-7,11H2,1-2H3. The van der Waals surface area contributed by atoms with E-state index in [0.717, 1.165) is 12.2 Å². The molecule has 1 rings (SSSR count). The molecule has 1 heteroatoms. The summed E-state index contributed by atoms with van der Waals surface area (Å²) in [4.78, 5) is 0.